The molecule has 16 heavy (non-hydrogen) atoms. The number of rotatable bonds is 0. The number of ether oxygens (including phenoxy) is 1. The predicted molar refractivity (Wildman–Crippen MR) is 57.0 cm³/mol. The summed E-state index contributed by atoms with van der Waals surface area (Å²) in [6.45, 7) is 7.01. The Labute approximate surface area is 95.8 Å². The minimum Gasteiger partial charge on any atom is -0.443 e. The van der Waals surface area contributed by atoms with Crippen LogP contribution in [0, 0.1) is 5.92 Å². The highest BCUT2D eigenvalue weighted by Crippen LogP contribution is 2.19. The van der Waals surface area contributed by atoms with Crippen molar-refractivity contribution in [2.45, 2.75) is 33.3 Å². The molecule has 7 heteroatoms. The molecule has 0 spiro atoms. The summed E-state index contributed by atoms with van der Waals surface area (Å²) >= 11 is 0. The fourth-order valence-corrected chi connectivity index (χ4v) is 2.36. The lowest BCUT2D eigenvalue weighted by atomic mass is 10.2. The average Bonchev–Trinajstić information content (AvgIpc) is 2.06. The normalized spacial score (nSPS) is 25.2. The largest absolute Gasteiger partial charge is 0.443 e. The van der Waals surface area contributed by atoms with E-state index in [4.69, 9.17) is 4.74 Å². The second-order valence-electron chi connectivity index (χ2n) is 4.86. The molecule has 1 amide bonds. The maximum absolute atomic E-state index is 11.6. The van der Waals surface area contributed by atoms with E-state index in [-0.39, 0.29) is 19.1 Å². The maximum Gasteiger partial charge on any atom is 0.425 e. The molecule has 0 saturated carbocycles. The van der Waals surface area contributed by atoms with Gasteiger partial charge in [-0.3, -0.25) is 4.18 Å². The van der Waals surface area contributed by atoms with Gasteiger partial charge in [-0.1, -0.05) is 6.92 Å². The maximum atomic E-state index is 11.6. The second kappa shape index (κ2) is 4.21. The highest BCUT2D eigenvalue weighted by Gasteiger charge is 2.37. The number of carbonyl (C=O) groups is 1. The number of carbonyl (C=O) groups excluding carboxylic acids is 1. The van der Waals surface area contributed by atoms with Gasteiger partial charge >= 0.3 is 16.4 Å². The van der Waals surface area contributed by atoms with Crippen LogP contribution in [-0.2, 0) is 19.2 Å². The van der Waals surface area contributed by atoms with Crippen molar-refractivity contribution in [1.82, 2.24) is 4.31 Å². The molecule has 1 aliphatic heterocycles. The summed E-state index contributed by atoms with van der Waals surface area (Å²) in [5.74, 6) is -0.0314. The number of hydrogen-bond donors (Lipinski definition) is 0. The van der Waals surface area contributed by atoms with Gasteiger partial charge in [-0.05, 0) is 26.7 Å². The van der Waals surface area contributed by atoms with E-state index in [0.717, 1.165) is 0 Å². The summed E-state index contributed by atoms with van der Waals surface area (Å²) in [4.78, 5) is 11.6. The van der Waals surface area contributed by atoms with Crippen LogP contribution in [0.1, 0.15) is 27.7 Å². The molecule has 1 heterocycles. The monoisotopic (exact) mass is 251 g/mol. The molecule has 94 valence electrons. The molecule has 1 saturated heterocycles. The van der Waals surface area contributed by atoms with Crippen LogP contribution in [0.3, 0.4) is 0 Å². The molecular weight excluding hydrogens is 234 g/mol. The minimum atomic E-state index is -3.97. The Kier molecular flexibility index (Phi) is 3.49. The molecule has 1 atom stereocenters. The fourth-order valence-electron chi connectivity index (χ4n) is 1.17. The van der Waals surface area contributed by atoms with Crippen molar-refractivity contribution in [3.63, 3.8) is 0 Å². The highest BCUT2D eigenvalue weighted by atomic mass is 32.2. The van der Waals surface area contributed by atoms with E-state index in [1.54, 1.807) is 27.7 Å². The van der Waals surface area contributed by atoms with E-state index in [1.807, 2.05) is 0 Å². The molecule has 1 rings (SSSR count). The molecule has 0 radical (unpaired) electrons. The zero-order valence-electron chi connectivity index (χ0n) is 9.89. The summed E-state index contributed by atoms with van der Waals surface area (Å²) in [6, 6.07) is 0. The lowest BCUT2D eigenvalue weighted by molar-refractivity contribution is 0.0300. The summed E-state index contributed by atoms with van der Waals surface area (Å²) < 4.78 is 33.2. The van der Waals surface area contributed by atoms with Crippen molar-refractivity contribution < 1.29 is 22.1 Å². The van der Waals surface area contributed by atoms with Gasteiger partial charge in [0.15, 0.2) is 0 Å². The van der Waals surface area contributed by atoms with E-state index in [1.165, 1.54) is 0 Å². The second-order valence-corrected chi connectivity index (χ2v) is 6.39. The van der Waals surface area contributed by atoms with Gasteiger partial charge in [0.2, 0.25) is 0 Å². The quantitative estimate of drug-likeness (QED) is 0.645. The van der Waals surface area contributed by atoms with Crippen molar-refractivity contribution >= 4 is 16.4 Å². The molecule has 0 bridgehead atoms. The van der Waals surface area contributed by atoms with Gasteiger partial charge in [0.1, 0.15) is 5.60 Å². The van der Waals surface area contributed by atoms with Gasteiger partial charge in [-0.2, -0.15) is 12.7 Å². The number of nitrogens with zero attached hydrogens (tertiary/aromatic N) is 1. The number of hydrogen-bond acceptors (Lipinski definition) is 5. The summed E-state index contributed by atoms with van der Waals surface area (Å²) in [5.41, 5.74) is -0.729. The Hall–Kier alpha value is -0.820. The topological polar surface area (TPSA) is 72.9 Å². The van der Waals surface area contributed by atoms with E-state index in [2.05, 4.69) is 4.18 Å². The van der Waals surface area contributed by atoms with Crippen molar-refractivity contribution in [2.24, 2.45) is 5.92 Å². The molecule has 0 N–H and O–H groups in total. The van der Waals surface area contributed by atoms with Crippen LogP contribution >= 0.6 is 0 Å². The highest BCUT2D eigenvalue weighted by molar-refractivity contribution is 7.84. The van der Waals surface area contributed by atoms with Crippen LogP contribution in [0.5, 0.6) is 0 Å². The first-order valence-electron chi connectivity index (χ1n) is 5.02. The van der Waals surface area contributed by atoms with Crippen molar-refractivity contribution in [1.29, 1.82) is 0 Å². The first kappa shape index (κ1) is 13.2. The van der Waals surface area contributed by atoms with Gasteiger partial charge < -0.3 is 4.74 Å². The molecule has 0 aromatic rings. The zero-order valence-corrected chi connectivity index (χ0v) is 10.7. The Morgan fingerprint density at radius 1 is 1.44 bits per heavy atom. The fraction of sp³-hybridized carbons (Fsp3) is 0.889. The Morgan fingerprint density at radius 2 is 2.00 bits per heavy atom. The van der Waals surface area contributed by atoms with Crippen LogP contribution in [0.2, 0.25) is 0 Å². The Balaban J connectivity index is 2.81. The molecule has 0 unspecified atom stereocenters. The van der Waals surface area contributed by atoms with E-state index in [0.29, 0.717) is 4.31 Å². The van der Waals surface area contributed by atoms with Gasteiger partial charge in [-0.25, -0.2) is 4.79 Å². The van der Waals surface area contributed by atoms with E-state index in [9.17, 15) is 13.2 Å². The third-order valence-corrected chi connectivity index (χ3v) is 3.12. The van der Waals surface area contributed by atoms with E-state index < -0.39 is 22.0 Å². The zero-order chi connectivity index (χ0) is 12.6. The SMILES string of the molecule is C[C@@H]1COS(=O)(=O)N(C(=O)OC(C)(C)C)C1. The first-order chi connectivity index (χ1) is 7.12. The smallest absolute Gasteiger partial charge is 0.425 e. The van der Waals surface area contributed by atoms with Crippen molar-refractivity contribution in [3.8, 4) is 0 Å². The Bertz CT molecular complexity index is 370. The average molecular weight is 251 g/mol. The molecular formula is C9H17NO5S. The van der Waals surface area contributed by atoms with Gasteiger partial charge in [-0.15, -0.1) is 0 Å². The molecule has 0 aliphatic carbocycles. The predicted octanol–water partition coefficient (Wildman–Crippen LogP) is 1.13. The molecule has 6 nitrogen and oxygen atoms in total. The lowest BCUT2D eigenvalue weighted by Crippen LogP contribution is -2.47. The van der Waals surface area contributed by atoms with Gasteiger partial charge in [0.05, 0.1) is 6.61 Å². The van der Waals surface area contributed by atoms with Crippen molar-refractivity contribution in [3.05, 3.63) is 0 Å². The molecule has 1 fully saturated rings. The molecule has 0 aromatic heterocycles. The van der Waals surface area contributed by atoms with Crippen LogP contribution in [0.15, 0.2) is 0 Å². The molecule has 0 aromatic carbocycles. The summed E-state index contributed by atoms with van der Waals surface area (Å²) in [7, 11) is -3.97. The summed E-state index contributed by atoms with van der Waals surface area (Å²) in [6.07, 6.45) is -0.890. The minimum absolute atomic E-state index is 0.0314. The van der Waals surface area contributed by atoms with Crippen LogP contribution in [-0.4, -0.2) is 37.6 Å². The van der Waals surface area contributed by atoms with Gasteiger partial charge in [0, 0.05) is 6.54 Å². The number of amides is 1. The molecule has 1 aliphatic rings. The van der Waals surface area contributed by atoms with Crippen LogP contribution in [0.25, 0.3) is 0 Å². The van der Waals surface area contributed by atoms with E-state index >= 15 is 0 Å². The standard InChI is InChI=1S/C9H17NO5S/c1-7-5-10(16(12,13)14-6-7)8(11)15-9(2,3)4/h7H,5-6H2,1-4H3/t7-/m0/s1. The van der Waals surface area contributed by atoms with Crippen LogP contribution in [0.4, 0.5) is 4.79 Å². The summed E-state index contributed by atoms with van der Waals surface area (Å²) in [5, 5.41) is 0. The lowest BCUT2D eigenvalue weighted by Gasteiger charge is -2.31. The van der Waals surface area contributed by atoms with Crippen molar-refractivity contribution in [2.75, 3.05) is 13.2 Å². The Morgan fingerprint density at radius 3 is 2.50 bits per heavy atom. The third kappa shape index (κ3) is 3.34. The first-order valence-corrected chi connectivity index (χ1v) is 6.38. The third-order valence-electron chi connectivity index (χ3n) is 1.85. The van der Waals surface area contributed by atoms with Gasteiger partial charge in [0.25, 0.3) is 0 Å². The van der Waals surface area contributed by atoms with Crippen LogP contribution < -0.4 is 0 Å².